The topological polar surface area (TPSA) is 43.1 Å². The summed E-state index contributed by atoms with van der Waals surface area (Å²) in [5, 5.41) is 0. The van der Waals surface area contributed by atoms with Crippen molar-refractivity contribution in [1.29, 1.82) is 0 Å². The van der Waals surface area contributed by atoms with Gasteiger partial charge in [-0.25, -0.2) is 4.98 Å². The zero-order chi connectivity index (χ0) is 9.97. The van der Waals surface area contributed by atoms with E-state index in [0.29, 0.717) is 12.8 Å². The zero-order valence-corrected chi connectivity index (χ0v) is 8.51. The fourth-order valence-corrected chi connectivity index (χ4v) is 1.80. The molecule has 0 saturated heterocycles. The molecule has 14 heavy (non-hydrogen) atoms. The summed E-state index contributed by atoms with van der Waals surface area (Å²) < 4.78 is 5.59. The molecule has 2 rings (SSSR count). The average Bonchev–Trinajstić information content (AvgIpc) is 2.57. The molecule has 0 unspecified atom stereocenters. The molecule has 1 heterocycles. The minimum atomic E-state index is 0.196. The summed E-state index contributed by atoms with van der Waals surface area (Å²) in [7, 11) is 0. The molecule has 1 aromatic rings. The standard InChI is InChI=1S/C11H15NO2/c1-8(13)6-7-11-12-9-4-2-3-5-10(9)14-11/h2-7H2,1H3. The van der Waals surface area contributed by atoms with E-state index in [1.165, 1.54) is 12.8 Å². The van der Waals surface area contributed by atoms with Crippen LogP contribution < -0.4 is 0 Å². The van der Waals surface area contributed by atoms with Gasteiger partial charge in [-0.05, 0) is 26.2 Å². The van der Waals surface area contributed by atoms with Crippen LogP contribution in [0.4, 0.5) is 0 Å². The van der Waals surface area contributed by atoms with Gasteiger partial charge in [0.1, 0.15) is 11.5 Å². The molecular weight excluding hydrogens is 178 g/mol. The maximum Gasteiger partial charge on any atom is 0.195 e. The van der Waals surface area contributed by atoms with Gasteiger partial charge < -0.3 is 9.21 Å². The number of oxazole rings is 1. The van der Waals surface area contributed by atoms with Gasteiger partial charge in [0.05, 0.1) is 5.69 Å². The molecule has 0 atom stereocenters. The van der Waals surface area contributed by atoms with Gasteiger partial charge in [-0.15, -0.1) is 0 Å². The lowest BCUT2D eigenvalue weighted by molar-refractivity contribution is -0.117. The van der Waals surface area contributed by atoms with Crippen LogP contribution in [-0.2, 0) is 24.1 Å². The summed E-state index contributed by atoms with van der Waals surface area (Å²) in [6.07, 6.45) is 5.67. The van der Waals surface area contributed by atoms with E-state index in [0.717, 1.165) is 30.2 Å². The zero-order valence-electron chi connectivity index (χ0n) is 8.51. The summed E-state index contributed by atoms with van der Waals surface area (Å²) in [6, 6.07) is 0. The first-order valence-corrected chi connectivity index (χ1v) is 5.22. The van der Waals surface area contributed by atoms with Gasteiger partial charge in [0, 0.05) is 19.3 Å². The summed E-state index contributed by atoms with van der Waals surface area (Å²) >= 11 is 0. The lowest BCUT2D eigenvalue weighted by Crippen LogP contribution is -1.99. The number of ketones is 1. The number of nitrogens with zero attached hydrogens (tertiary/aromatic N) is 1. The highest BCUT2D eigenvalue weighted by atomic mass is 16.4. The molecular formula is C11H15NO2. The number of aromatic nitrogens is 1. The Hall–Kier alpha value is -1.12. The Labute approximate surface area is 83.5 Å². The van der Waals surface area contributed by atoms with E-state index in [9.17, 15) is 4.79 Å². The van der Waals surface area contributed by atoms with Gasteiger partial charge in [-0.2, -0.15) is 0 Å². The van der Waals surface area contributed by atoms with Crippen molar-refractivity contribution in [3.05, 3.63) is 17.3 Å². The Balaban J connectivity index is 2.04. The van der Waals surface area contributed by atoms with Crippen molar-refractivity contribution < 1.29 is 9.21 Å². The van der Waals surface area contributed by atoms with E-state index in [1.807, 2.05) is 0 Å². The second-order valence-electron chi connectivity index (χ2n) is 3.89. The van der Waals surface area contributed by atoms with Crippen molar-refractivity contribution in [2.24, 2.45) is 0 Å². The van der Waals surface area contributed by atoms with Crippen LogP contribution in [0.1, 0.15) is 43.5 Å². The van der Waals surface area contributed by atoms with Crippen LogP contribution in [0, 0.1) is 0 Å². The predicted octanol–water partition coefficient (Wildman–Crippen LogP) is 2.08. The minimum absolute atomic E-state index is 0.196. The molecule has 0 fully saturated rings. The third-order valence-corrected chi connectivity index (χ3v) is 2.58. The van der Waals surface area contributed by atoms with Crippen molar-refractivity contribution in [2.75, 3.05) is 0 Å². The molecule has 1 aromatic heterocycles. The number of carbonyl (C=O) groups is 1. The van der Waals surface area contributed by atoms with Gasteiger partial charge in [-0.1, -0.05) is 0 Å². The number of aryl methyl sites for hydroxylation is 3. The monoisotopic (exact) mass is 193 g/mol. The summed E-state index contributed by atoms with van der Waals surface area (Å²) in [5.74, 6) is 1.99. The molecule has 0 saturated carbocycles. The molecule has 3 heteroatoms. The van der Waals surface area contributed by atoms with Crippen molar-refractivity contribution in [3.8, 4) is 0 Å². The van der Waals surface area contributed by atoms with E-state index >= 15 is 0 Å². The fourth-order valence-electron chi connectivity index (χ4n) is 1.80. The molecule has 0 bridgehead atoms. The van der Waals surface area contributed by atoms with Crippen LogP contribution in [0.3, 0.4) is 0 Å². The Kier molecular flexibility index (Phi) is 2.66. The van der Waals surface area contributed by atoms with Crippen LogP contribution in [0.15, 0.2) is 4.42 Å². The summed E-state index contributed by atoms with van der Waals surface area (Å²) in [5.41, 5.74) is 1.12. The minimum Gasteiger partial charge on any atom is -0.445 e. The lowest BCUT2D eigenvalue weighted by Gasteiger charge is -2.05. The molecule has 76 valence electrons. The predicted molar refractivity (Wildman–Crippen MR) is 52.1 cm³/mol. The first-order chi connectivity index (χ1) is 6.75. The number of fused-ring (bicyclic) bond motifs is 1. The molecule has 0 amide bonds. The maximum atomic E-state index is 10.8. The normalized spacial score (nSPS) is 15.2. The second kappa shape index (κ2) is 3.95. The molecule has 0 aromatic carbocycles. The van der Waals surface area contributed by atoms with Crippen molar-refractivity contribution in [1.82, 2.24) is 4.98 Å². The molecule has 0 N–H and O–H groups in total. The SMILES string of the molecule is CC(=O)CCc1nc2c(o1)CCCC2. The maximum absolute atomic E-state index is 10.8. The van der Waals surface area contributed by atoms with Crippen LogP contribution in [0.5, 0.6) is 0 Å². The number of hydrogen-bond acceptors (Lipinski definition) is 3. The molecule has 1 aliphatic carbocycles. The number of Topliss-reactive ketones (excluding diaryl/α,β-unsaturated/α-hetero) is 1. The van der Waals surface area contributed by atoms with E-state index in [1.54, 1.807) is 6.92 Å². The van der Waals surface area contributed by atoms with Crippen molar-refractivity contribution >= 4 is 5.78 Å². The van der Waals surface area contributed by atoms with Crippen molar-refractivity contribution in [3.63, 3.8) is 0 Å². The highest BCUT2D eigenvalue weighted by Gasteiger charge is 2.16. The molecule has 0 aliphatic heterocycles. The Bertz CT molecular complexity index is 318. The lowest BCUT2D eigenvalue weighted by atomic mass is 10.0. The highest BCUT2D eigenvalue weighted by Crippen LogP contribution is 2.22. The van der Waals surface area contributed by atoms with Crippen LogP contribution in [0.25, 0.3) is 0 Å². The average molecular weight is 193 g/mol. The smallest absolute Gasteiger partial charge is 0.195 e. The number of rotatable bonds is 3. The molecule has 3 nitrogen and oxygen atoms in total. The van der Waals surface area contributed by atoms with Gasteiger partial charge >= 0.3 is 0 Å². The van der Waals surface area contributed by atoms with Crippen molar-refractivity contribution in [2.45, 2.75) is 45.4 Å². The van der Waals surface area contributed by atoms with Crippen LogP contribution >= 0.6 is 0 Å². The Morgan fingerprint density at radius 1 is 1.43 bits per heavy atom. The van der Waals surface area contributed by atoms with E-state index in [4.69, 9.17) is 4.42 Å². The van der Waals surface area contributed by atoms with E-state index in [-0.39, 0.29) is 5.78 Å². The fraction of sp³-hybridized carbons (Fsp3) is 0.636. The third kappa shape index (κ3) is 2.03. The Morgan fingerprint density at radius 2 is 2.21 bits per heavy atom. The first kappa shape index (κ1) is 9.44. The summed E-state index contributed by atoms with van der Waals surface area (Å²) in [4.78, 5) is 15.2. The number of hydrogen-bond donors (Lipinski definition) is 0. The van der Waals surface area contributed by atoms with E-state index in [2.05, 4.69) is 4.98 Å². The molecule has 0 spiro atoms. The van der Waals surface area contributed by atoms with Gasteiger partial charge in [0.15, 0.2) is 5.89 Å². The largest absolute Gasteiger partial charge is 0.445 e. The molecule has 1 aliphatic rings. The first-order valence-electron chi connectivity index (χ1n) is 5.22. The van der Waals surface area contributed by atoms with Gasteiger partial charge in [0.25, 0.3) is 0 Å². The highest BCUT2D eigenvalue weighted by molar-refractivity contribution is 5.75. The van der Waals surface area contributed by atoms with E-state index < -0.39 is 0 Å². The summed E-state index contributed by atoms with van der Waals surface area (Å²) in [6.45, 7) is 1.60. The second-order valence-corrected chi connectivity index (χ2v) is 3.89. The van der Waals surface area contributed by atoms with Gasteiger partial charge in [0.2, 0.25) is 0 Å². The van der Waals surface area contributed by atoms with Crippen LogP contribution in [0.2, 0.25) is 0 Å². The number of carbonyl (C=O) groups excluding carboxylic acids is 1. The third-order valence-electron chi connectivity index (χ3n) is 2.58. The Morgan fingerprint density at radius 3 is 2.93 bits per heavy atom. The quantitative estimate of drug-likeness (QED) is 0.738. The van der Waals surface area contributed by atoms with Gasteiger partial charge in [-0.3, -0.25) is 0 Å². The molecule has 0 radical (unpaired) electrons. The van der Waals surface area contributed by atoms with Crippen LogP contribution in [-0.4, -0.2) is 10.8 Å².